The molecule has 3 aromatic heterocycles. The number of carbonyl (C=O) groups is 1. The van der Waals surface area contributed by atoms with Crippen molar-refractivity contribution in [2.24, 2.45) is 5.73 Å². The fourth-order valence-corrected chi connectivity index (χ4v) is 5.09. The number of ether oxygens (including phenoxy) is 1. The van der Waals surface area contributed by atoms with E-state index in [1.54, 1.807) is 12.4 Å². The van der Waals surface area contributed by atoms with Crippen molar-refractivity contribution in [3.8, 4) is 17.5 Å². The zero-order valence-corrected chi connectivity index (χ0v) is 19.2. The molecular weight excluding hydrogens is 432 g/mol. The lowest BCUT2D eigenvalue weighted by molar-refractivity contribution is -0.119. The van der Waals surface area contributed by atoms with Gasteiger partial charge in [-0.1, -0.05) is 0 Å². The van der Waals surface area contributed by atoms with Gasteiger partial charge in [-0.3, -0.25) is 19.8 Å². The summed E-state index contributed by atoms with van der Waals surface area (Å²) in [5.41, 5.74) is 7.88. The van der Waals surface area contributed by atoms with Gasteiger partial charge in [0.05, 0.1) is 43.0 Å². The topological polar surface area (TPSA) is 137 Å². The Morgan fingerprint density at radius 2 is 2.15 bits per heavy atom. The molecule has 1 amide bonds. The SMILES string of the molecule is C[C@@H]1COCCN1c1cc(C2(C#N)CCN(CC(N)=O)CC2)c2ccnc(-c3ccn[nH]3)c2n1. The quantitative estimate of drug-likeness (QED) is 0.586. The van der Waals surface area contributed by atoms with Gasteiger partial charge in [-0.25, -0.2) is 4.98 Å². The fourth-order valence-electron chi connectivity index (χ4n) is 5.09. The first kappa shape index (κ1) is 22.3. The van der Waals surface area contributed by atoms with Crippen molar-refractivity contribution in [1.82, 2.24) is 25.1 Å². The van der Waals surface area contributed by atoms with E-state index in [2.05, 4.69) is 39.1 Å². The average molecular weight is 461 g/mol. The molecule has 3 aromatic rings. The molecule has 0 aliphatic carbocycles. The number of aromatic nitrogens is 4. The normalized spacial score (nSPS) is 20.8. The number of piperidine rings is 1. The maximum Gasteiger partial charge on any atom is 0.231 e. The molecule has 1 atom stereocenters. The number of carbonyl (C=O) groups excluding carboxylic acids is 1. The lowest BCUT2D eigenvalue weighted by Gasteiger charge is -2.39. The predicted octanol–water partition coefficient (Wildman–Crippen LogP) is 1.59. The number of fused-ring (bicyclic) bond motifs is 1. The van der Waals surface area contributed by atoms with Crippen LogP contribution in [-0.2, 0) is 14.9 Å². The van der Waals surface area contributed by atoms with Crippen LogP contribution in [0.3, 0.4) is 0 Å². The molecule has 176 valence electrons. The van der Waals surface area contributed by atoms with Crippen LogP contribution in [0, 0.1) is 11.3 Å². The number of aromatic amines is 1. The van der Waals surface area contributed by atoms with Crippen molar-refractivity contribution in [3.05, 3.63) is 36.2 Å². The van der Waals surface area contributed by atoms with Gasteiger partial charge in [-0.15, -0.1) is 0 Å². The highest BCUT2D eigenvalue weighted by molar-refractivity contribution is 5.94. The van der Waals surface area contributed by atoms with Crippen LogP contribution in [-0.4, -0.2) is 76.4 Å². The minimum atomic E-state index is -0.702. The molecule has 2 aliphatic heterocycles. The van der Waals surface area contributed by atoms with E-state index >= 15 is 0 Å². The summed E-state index contributed by atoms with van der Waals surface area (Å²) in [6, 6.07) is 8.69. The van der Waals surface area contributed by atoms with Crippen LogP contribution in [0.2, 0.25) is 0 Å². The van der Waals surface area contributed by atoms with Crippen LogP contribution in [0.4, 0.5) is 5.82 Å². The maximum absolute atomic E-state index is 11.4. The highest BCUT2D eigenvalue weighted by atomic mass is 16.5. The molecule has 10 nitrogen and oxygen atoms in total. The predicted molar refractivity (Wildman–Crippen MR) is 127 cm³/mol. The van der Waals surface area contributed by atoms with Crippen molar-refractivity contribution in [2.75, 3.05) is 44.3 Å². The van der Waals surface area contributed by atoms with E-state index in [1.807, 2.05) is 17.0 Å². The first-order valence-corrected chi connectivity index (χ1v) is 11.6. The van der Waals surface area contributed by atoms with Crippen molar-refractivity contribution in [3.63, 3.8) is 0 Å². The largest absolute Gasteiger partial charge is 0.377 e. The highest BCUT2D eigenvalue weighted by Gasteiger charge is 2.39. The van der Waals surface area contributed by atoms with Gasteiger partial charge in [0.25, 0.3) is 0 Å². The van der Waals surface area contributed by atoms with Crippen molar-refractivity contribution < 1.29 is 9.53 Å². The second-order valence-corrected chi connectivity index (χ2v) is 9.11. The van der Waals surface area contributed by atoms with E-state index in [9.17, 15) is 10.1 Å². The minimum Gasteiger partial charge on any atom is -0.377 e. The third-order valence-electron chi connectivity index (χ3n) is 6.95. The molecule has 0 saturated carbocycles. The molecule has 0 unspecified atom stereocenters. The van der Waals surface area contributed by atoms with Gasteiger partial charge in [0.15, 0.2) is 0 Å². The third kappa shape index (κ3) is 3.97. The Kier molecular flexibility index (Phi) is 5.89. The zero-order valence-electron chi connectivity index (χ0n) is 19.2. The maximum atomic E-state index is 11.4. The van der Waals surface area contributed by atoms with Gasteiger partial charge >= 0.3 is 0 Å². The second-order valence-electron chi connectivity index (χ2n) is 9.11. The second kappa shape index (κ2) is 9.00. The molecule has 0 bridgehead atoms. The Bertz CT molecular complexity index is 1230. The van der Waals surface area contributed by atoms with E-state index in [0.717, 1.165) is 34.5 Å². The van der Waals surface area contributed by atoms with Crippen LogP contribution in [0.5, 0.6) is 0 Å². The standard InChI is InChI=1S/C24H28N8O2/c1-16-14-34-11-10-32(16)21-12-18(24(15-25)4-8-31(9-5-24)13-20(26)33)17-2-6-27-23(22(17)29-21)19-3-7-28-30-19/h2-3,6-7,12,16H,4-5,8-11,13-14H2,1H3,(H2,26,33)(H,28,30)/t16-/m1/s1. The van der Waals surface area contributed by atoms with Crippen LogP contribution in [0.1, 0.15) is 25.3 Å². The Labute approximate surface area is 197 Å². The van der Waals surface area contributed by atoms with E-state index in [-0.39, 0.29) is 18.5 Å². The van der Waals surface area contributed by atoms with Gasteiger partial charge in [0, 0.05) is 37.4 Å². The van der Waals surface area contributed by atoms with Gasteiger partial charge in [-0.05, 0) is 43.5 Å². The Morgan fingerprint density at radius 3 is 2.82 bits per heavy atom. The summed E-state index contributed by atoms with van der Waals surface area (Å²) >= 11 is 0. The number of likely N-dealkylation sites (tertiary alicyclic amines) is 1. The number of nitrogens with two attached hydrogens (primary N) is 1. The average Bonchev–Trinajstić information content (AvgIpc) is 3.38. The minimum absolute atomic E-state index is 0.161. The van der Waals surface area contributed by atoms with Crippen LogP contribution in [0.25, 0.3) is 22.3 Å². The first-order valence-electron chi connectivity index (χ1n) is 11.6. The number of H-pyrrole nitrogens is 1. The summed E-state index contributed by atoms with van der Waals surface area (Å²) in [5, 5.41) is 18.5. The monoisotopic (exact) mass is 460 g/mol. The molecule has 3 N–H and O–H groups in total. The molecular formula is C24H28N8O2. The van der Waals surface area contributed by atoms with Gasteiger partial charge < -0.3 is 15.4 Å². The zero-order chi connectivity index (χ0) is 23.7. The Hall–Kier alpha value is -3.55. The number of anilines is 1. The Balaban J connectivity index is 1.66. The summed E-state index contributed by atoms with van der Waals surface area (Å²) in [5.74, 6) is 0.471. The van der Waals surface area contributed by atoms with E-state index in [4.69, 9.17) is 15.5 Å². The summed E-state index contributed by atoms with van der Waals surface area (Å²) in [4.78, 5) is 25.4. The summed E-state index contributed by atoms with van der Waals surface area (Å²) in [7, 11) is 0. The number of primary amides is 1. The number of hydrogen-bond acceptors (Lipinski definition) is 8. The Morgan fingerprint density at radius 1 is 1.32 bits per heavy atom. The molecule has 0 aromatic carbocycles. The molecule has 2 fully saturated rings. The van der Waals surface area contributed by atoms with E-state index in [0.29, 0.717) is 44.8 Å². The van der Waals surface area contributed by atoms with Crippen molar-refractivity contribution >= 4 is 22.6 Å². The molecule has 0 radical (unpaired) electrons. The molecule has 5 rings (SSSR count). The number of pyridine rings is 2. The number of nitrogens with one attached hydrogen (secondary N) is 1. The number of nitriles is 1. The number of nitrogens with zero attached hydrogens (tertiary/aromatic N) is 6. The summed E-state index contributed by atoms with van der Waals surface area (Å²) in [6.45, 7) is 5.57. The van der Waals surface area contributed by atoms with Crippen molar-refractivity contribution in [1.29, 1.82) is 5.26 Å². The number of hydrogen-bond donors (Lipinski definition) is 2. The van der Waals surface area contributed by atoms with E-state index in [1.165, 1.54) is 0 Å². The highest BCUT2D eigenvalue weighted by Crippen LogP contribution is 2.41. The molecule has 2 aliphatic rings. The fraction of sp³-hybridized carbons (Fsp3) is 0.458. The smallest absolute Gasteiger partial charge is 0.231 e. The number of rotatable bonds is 5. The third-order valence-corrected chi connectivity index (χ3v) is 6.95. The molecule has 2 saturated heterocycles. The molecule has 0 spiro atoms. The lowest BCUT2D eigenvalue weighted by atomic mass is 9.72. The molecule has 10 heteroatoms. The van der Waals surface area contributed by atoms with Crippen LogP contribution in [0.15, 0.2) is 30.6 Å². The van der Waals surface area contributed by atoms with Crippen molar-refractivity contribution in [2.45, 2.75) is 31.2 Å². The van der Waals surface area contributed by atoms with Gasteiger partial charge in [0.1, 0.15) is 17.0 Å². The lowest BCUT2D eigenvalue weighted by Crippen LogP contribution is -2.46. The summed E-state index contributed by atoms with van der Waals surface area (Å²) in [6.07, 6.45) is 4.66. The van der Waals surface area contributed by atoms with Crippen LogP contribution >= 0.6 is 0 Å². The van der Waals surface area contributed by atoms with Gasteiger partial charge in [0.2, 0.25) is 5.91 Å². The first-order chi connectivity index (χ1) is 16.5. The molecule has 34 heavy (non-hydrogen) atoms. The van der Waals surface area contributed by atoms with E-state index < -0.39 is 5.41 Å². The van der Waals surface area contributed by atoms with Crippen LogP contribution < -0.4 is 10.6 Å². The number of morpholine rings is 1. The molecule has 5 heterocycles. The van der Waals surface area contributed by atoms with Gasteiger partial charge in [-0.2, -0.15) is 10.4 Å². The number of amides is 1. The summed E-state index contributed by atoms with van der Waals surface area (Å²) < 4.78 is 5.64.